The number of hydrogen-bond donors (Lipinski definition) is 4. The van der Waals surface area contributed by atoms with Crippen LogP contribution >= 0.6 is 0 Å². The number of aromatic amines is 1. The number of rotatable bonds is 3. The maximum Gasteiger partial charge on any atom is 0.261 e. The average molecular weight is 325 g/mol. The van der Waals surface area contributed by atoms with Crippen molar-refractivity contribution in [3.05, 3.63) is 29.1 Å². The first-order chi connectivity index (χ1) is 10.8. The molecule has 9 nitrogen and oxygen atoms in total. The van der Waals surface area contributed by atoms with Gasteiger partial charge in [0.15, 0.2) is 17.8 Å². The van der Waals surface area contributed by atoms with Crippen LogP contribution in [0.5, 0.6) is 0 Å². The lowest BCUT2D eigenvalue weighted by atomic mass is 9.99. The van der Waals surface area contributed by atoms with Crippen molar-refractivity contribution in [2.24, 2.45) is 0 Å². The molecule has 3 heterocycles. The highest BCUT2D eigenvalue weighted by Crippen LogP contribution is 2.41. The number of H-pyrrole nitrogens is 1. The molecule has 1 aliphatic heterocycles. The molecule has 10 heteroatoms. The van der Waals surface area contributed by atoms with Crippen LogP contribution in [0.1, 0.15) is 13.2 Å². The Hall–Kier alpha value is -2.30. The Kier molecular flexibility index (Phi) is 3.66. The minimum Gasteiger partial charge on any atom is -0.394 e. The summed E-state index contributed by atoms with van der Waals surface area (Å²) in [6.07, 6.45) is 0.234. The topological polar surface area (TPSA) is 139 Å². The zero-order chi connectivity index (χ0) is 16.8. The van der Waals surface area contributed by atoms with E-state index in [1.54, 1.807) is 0 Å². The Morgan fingerprint density at radius 2 is 2.30 bits per heavy atom. The number of aromatic nitrogens is 4. The van der Waals surface area contributed by atoms with Crippen molar-refractivity contribution in [3.63, 3.8) is 0 Å². The zero-order valence-corrected chi connectivity index (χ0v) is 12.2. The fourth-order valence-corrected chi connectivity index (χ4v) is 2.58. The predicted octanol–water partition coefficient (Wildman–Crippen LogP) is -0.806. The Labute approximate surface area is 129 Å². The van der Waals surface area contributed by atoms with Crippen LogP contribution in [0.3, 0.4) is 0 Å². The molecule has 23 heavy (non-hydrogen) atoms. The molecular weight excluding hydrogens is 309 g/mol. The number of nitrogens with one attached hydrogen (secondary N) is 1. The SMILES string of the molecule is C[C@@]1(F)C(O)[C@@H](CO)O[C@H]1n1cnc(-c2cnc(N)[nH]c2=O)c1. The molecule has 3 rings (SSSR count). The fourth-order valence-electron chi connectivity index (χ4n) is 2.58. The summed E-state index contributed by atoms with van der Waals surface area (Å²) >= 11 is 0. The molecule has 1 fully saturated rings. The van der Waals surface area contributed by atoms with Gasteiger partial charge in [0.2, 0.25) is 0 Å². The van der Waals surface area contributed by atoms with E-state index in [9.17, 15) is 14.3 Å². The molecule has 0 bridgehead atoms. The van der Waals surface area contributed by atoms with Gasteiger partial charge in [-0.05, 0) is 6.92 Å². The van der Waals surface area contributed by atoms with Gasteiger partial charge in [-0.25, -0.2) is 14.4 Å². The standard InChI is InChI=1S/C13H16FN5O4/c1-13(14)9(21)8(4-20)23-11(13)19-3-7(17-5-19)6-2-16-12(15)18-10(6)22/h2-3,5,8-9,11,20-21H,4H2,1H3,(H3,15,16,18,22)/t8-,9?,11-,13-/m1/s1. The molecule has 0 saturated carbocycles. The molecule has 0 amide bonds. The molecule has 0 aromatic carbocycles. The first kappa shape index (κ1) is 15.6. The number of ether oxygens (including phenoxy) is 1. The molecule has 5 N–H and O–H groups in total. The number of alkyl halides is 1. The second-order valence-electron chi connectivity index (χ2n) is 5.52. The van der Waals surface area contributed by atoms with E-state index in [1.807, 2.05) is 0 Å². The van der Waals surface area contributed by atoms with E-state index in [2.05, 4.69) is 15.0 Å². The molecule has 1 unspecified atom stereocenters. The van der Waals surface area contributed by atoms with Crippen LogP contribution in [0.4, 0.5) is 10.3 Å². The number of hydrogen-bond acceptors (Lipinski definition) is 7. The molecule has 0 radical (unpaired) electrons. The molecule has 2 aromatic rings. The quantitative estimate of drug-likeness (QED) is 0.579. The third kappa shape index (κ3) is 2.50. The summed E-state index contributed by atoms with van der Waals surface area (Å²) in [5.41, 5.74) is 3.18. The van der Waals surface area contributed by atoms with Crippen LogP contribution in [0.2, 0.25) is 0 Å². The van der Waals surface area contributed by atoms with Gasteiger partial charge in [-0.1, -0.05) is 0 Å². The van der Waals surface area contributed by atoms with Gasteiger partial charge < -0.3 is 25.3 Å². The van der Waals surface area contributed by atoms with Crippen molar-refractivity contribution in [3.8, 4) is 11.3 Å². The Morgan fingerprint density at radius 1 is 1.57 bits per heavy atom. The predicted molar refractivity (Wildman–Crippen MR) is 77.0 cm³/mol. The van der Waals surface area contributed by atoms with Gasteiger partial charge in [-0.15, -0.1) is 0 Å². The number of nitrogens with zero attached hydrogens (tertiary/aromatic N) is 3. The van der Waals surface area contributed by atoms with Crippen molar-refractivity contribution in [2.75, 3.05) is 12.3 Å². The van der Waals surface area contributed by atoms with Crippen molar-refractivity contribution in [1.29, 1.82) is 0 Å². The number of anilines is 1. The summed E-state index contributed by atoms with van der Waals surface area (Å²) in [5.74, 6) is -0.0254. The summed E-state index contributed by atoms with van der Waals surface area (Å²) in [6.45, 7) is 0.662. The second kappa shape index (κ2) is 5.41. The third-order valence-corrected chi connectivity index (χ3v) is 3.86. The van der Waals surface area contributed by atoms with Crippen molar-refractivity contribution < 1.29 is 19.3 Å². The Bertz CT molecular complexity index is 774. The third-order valence-electron chi connectivity index (χ3n) is 3.86. The van der Waals surface area contributed by atoms with Crippen LogP contribution in [0, 0.1) is 0 Å². The Balaban J connectivity index is 1.95. The van der Waals surface area contributed by atoms with Gasteiger partial charge in [0.05, 0.1) is 24.2 Å². The van der Waals surface area contributed by atoms with E-state index in [0.717, 1.165) is 0 Å². The van der Waals surface area contributed by atoms with Crippen LogP contribution in [0.25, 0.3) is 11.3 Å². The van der Waals surface area contributed by atoms with E-state index in [-0.39, 0.29) is 17.2 Å². The van der Waals surface area contributed by atoms with Gasteiger partial charge in [0, 0.05) is 12.4 Å². The van der Waals surface area contributed by atoms with Crippen LogP contribution in [-0.2, 0) is 4.74 Å². The first-order valence-corrected chi connectivity index (χ1v) is 6.86. The van der Waals surface area contributed by atoms with Gasteiger partial charge in [-0.3, -0.25) is 9.78 Å². The molecule has 0 spiro atoms. The number of imidazole rings is 1. The number of nitrogens with two attached hydrogens (primary N) is 1. The second-order valence-corrected chi connectivity index (χ2v) is 5.52. The molecular formula is C13H16FN5O4. The zero-order valence-electron chi connectivity index (χ0n) is 12.2. The average Bonchev–Trinajstić information content (AvgIpc) is 3.04. The fraction of sp³-hybridized carbons (Fsp3) is 0.462. The van der Waals surface area contributed by atoms with E-state index in [4.69, 9.17) is 15.6 Å². The maximum atomic E-state index is 14.7. The lowest BCUT2D eigenvalue weighted by molar-refractivity contribution is -0.0586. The molecule has 2 aromatic heterocycles. The highest BCUT2D eigenvalue weighted by Gasteiger charge is 2.54. The van der Waals surface area contributed by atoms with E-state index in [1.165, 1.54) is 30.2 Å². The van der Waals surface area contributed by atoms with Gasteiger partial charge >= 0.3 is 0 Å². The monoisotopic (exact) mass is 325 g/mol. The summed E-state index contributed by atoms with van der Waals surface area (Å²) in [7, 11) is 0. The van der Waals surface area contributed by atoms with Crippen molar-refractivity contribution in [1.82, 2.24) is 19.5 Å². The number of aliphatic hydroxyl groups excluding tert-OH is 2. The van der Waals surface area contributed by atoms with Gasteiger partial charge in [0.1, 0.15) is 12.2 Å². The summed E-state index contributed by atoms with van der Waals surface area (Å²) < 4.78 is 21.3. The summed E-state index contributed by atoms with van der Waals surface area (Å²) in [6, 6.07) is 0. The summed E-state index contributed by atoms with van der Waals surface area (Å²) in [4.78, 5) is 22.0. The smallest absolute Gasteiger partial charge is 0.261 e. The van der Waals surface area contributed by atoms with E-state index in [0.29, 0.717) is 0 Å². The lowest BCUT2D eigenvalue weighted by Gasteiger charge is -2.24. The van der Waals surface area contributed by atoms with Crippen LogP contribution < -0.4 is 11.3 Å². The van der Waals surface area contributed by atoms with E-state index < -0.39 is 36.3 Å². The van der Waals surface area contributed by atoms with Crippen LogP contribution in [-0.4, -0.2) is 54.2 Å². The highest BCUT2D eigenvalue weighted by atomic mass is 19.1. The Morgan fingerprint density at radius 3 is 2.91 bits per heavy atom. The number of aliphatic hydroxyl groups is 2. The molecule has 4 atom stereocenters. The van der Waals surface area contributed by atoms with Crippen molar-refractivity contribution in [2.45, 2.75) is 31.0 Å². The largest absolute Gasteiger partial charge is 0.394 e. The van der Waals surface area contributed by atoms with E-state index >= 15 is 0 Å². The molecule has 124 valence electrons. The highest BCUT2D eigenvalue weighted by molar-refractivity contribution is 5.56. The minimum absolute atomic E-state index is 0.0254. The van der Waals surface area contributed by atoms with Crippen molar-refractivity contribution >= 4 is 5.95 Å². The first-order valence-electron chi connectivity index (χ1n) is 6.86. The molecule has 0 aliphatic carbocycles. The van der Waals surface area contributed by atoms with Gasteiger partial charge in [0.25, 0.3) is 5.56 Å². The lowest BCUT2D eigenvalue weighted by Crippen LogP contribution is -2.40. The maximum absolute atomic E-state index is 14.7. The number of nitrogen functional groups attached to an aromatic ring is 1. The normalized spacial score (nSPS) is 30.7. The number of halogens is 1. The van der Waals surface area contributed by atoms with Crippen LogP contribution in [0.15, 0.2) is 23.5 Å². The summed E-state index contributed by atoms with van der Waals surface area (Å²) in [5, 5.41) is 19.0. The van der Waals surface area contributed by atoms with Gasteiger partial charge in [-0.2, -0.15) is 0 Å². The minimum atomic E-state index is -2.13. The molecule has 1 aliphatic rings. The molecule has 1 saturated heterocycles.